The second-order valence-corrected chi connectivity index (χ2v) is 7.85. The Hall–Kier alpha value is -2.35. The number of carbonyl (C=O) groups excluding carboxylic acids is 2. The molecule has 0 aromatic carbocycles. The van der Waals surface area contributed by atoms with E-state index in [1.54, 1.807) is 36.3 Å². The number of rotatable bonds is 3. The Balaban J connectivity index is 1.76. The number of thioether (sulfide) groups is 1. The largest absolute Gasteiger partial charge is 0.355 e. The van der Waals surface area contributed by atoms with E-state index in [-0.39, 0.29) is 23.0 Å². The molecular weight excluding hydrogens is 340 g/mol. The van der Waals surface area contributed by atoms with Crippen molar-refractivity contribution in [2.45, 2.75) is 32.4 Å². The number of carbonyl (C=O) groups is 2. The summed E-state index contributed by atoms with van der Waals surface area (Å²) in [5, 5.41) is 6.80. The third kappa shape index (κ3) is 4.01. The van der Waals surface area contributed by atoms with Crippen molar-refractivity contribution >= 4 is 23.6 Å². The van der Waals surface area contributed by atoms with Crippen molar-refractivity contribution in [1.29, 1.82) is 0 Å². The highest BCUT2D eigenvalue weighted by Crippen LogP contribution is 2.25. The van der Waals surface area contributed by atoms with E-state index < -0.39 is 6.04 Å². The van der Waals surface area contributed by atoms with E-state index in [0.717, 1.165) is 5.56 Å². The van der Waals surface area contributed by atoms with Crippen LogP contribution in [0.2, 0.25) is 0 Å². The molecular formula is C17H20N4O3S. The maximum atomic E-state index is 12.8. The smallest absolute Gasteiger partial charge is 0.277 e. The molecule has 1 unspecified atom stereocenters. The van der Waals surface area contributed by atoms with Gasteiger partial charge in [0.2, 0.25) is 5.91 Å². The van der Waals surface area contributed by atoms with Crippen LogP contribution in [0.4, 0.5) is 0 Å². The highest BCUT2D eigenvalue weighted by molar-refractivity contribution is 7.99. The van der Waals surface area contributed by atoms with Crippen molar-refractivity contribution in [3.8, 4) is 11.3 Å². The zero-order valence-electron chi connectivity index (χ0n) is 14.4. The zero-order valence-corrected chi connectivity index (χ0v) is 15.2. The monoisotopic (exact) mass is 360 g/mol. The van der Waals surface area contributed by atoms with E-state index in [1.165, 1.54) is 4.90 Å². The van der Waals surface area contributed by atoms with Crippen molar-refractivity contribution in [2.24, 2.45) is 0 Å². The van der Waals surface area contributed by atoms with Crippen LogP contribution >= 0.6 is 11.8 Å². The quantitative estimate of drug-likeness (QED) is 0.902. The van der Waals surface area contributed by atoms with Crippen LogP contribution in [0.5, 0.6) is 0 Å². The van der Waals surface area contributed by atoms with E-state index in [1.807, 2.05) is 26.8 Å². The summed E-state index contributed by atoms with van der Waals surface area (Å²) in [5.41, 5.74) is 0.585. The summed E-state index contributed by atoms with van der Waals surface area (Å²) < 4.78 is 5.26. The molecule has 2 amide bonds. The third-order valence-electron chi connectivity index (χ3n) is 3.62. The second-order valence-electron chi connectivity index (χ2n) is 6.85. The molecule has 1 saturated heterocycles. The topological polar surface area (TPSA) is 88.3 Å². The molecule has 0 radical (unpaired) electrons. The highest BCUT2D eigenvalue weighted by Gasteiger charge is 2.37. The molecule has 3 heterocycles. The Morgan fingerprint density at radius 3 is 2.88 bits per heavy atom. The van der Waals surface area contributed by atoms with Gasteiger partial charge in [-0.1, -0.05) is 5.16 Å². The minimum absolute atomic E-state index is 0.151. The molecule has 1 aliphatic heterocycles. The van der Waals surface area contributed by atoms with E-state index in [0.29, 0.717) is 17.4 Å². The lowest BCUT2D eigenvalue weighted by molar-refractivity contribution is -0.125. The molecule has 0 spiro atoms. The van der Waals surface area contributed by atoms with Gasteiger partial charge in [-0.25, -0.2) is 0 Å². The van der Waals surface area contributed by atoms with Gasteiger partial charge in [-0.3, -0.25) is 14.6 Å². The summed E-state index contributed by atoms with van der Waals surface area (Å²) >= 11 is 1.55. The van der Waals surface area contributed by atoms with Crippen LogP contribution < -0.4 is 5.32 Å². The van der Waals surface area contributed by atoms with E-state index in [9.17, 15) is 9.59 Å². The molecule has 0 bridgehead atoms. The van der Waals surface area contributed by atoms with Gasteiger partial charge < -0.3 is 14.7 Å². The fourth-order valence-corrected chi connectivity index (χ4v) is 3.63. The fraction of sp³-hybridized carbons (Fsp3) is 0.412. The molecule has 1 N–H and O–H groups in total. The third-order valence-corrected chi connectivity index (χ3v) is 4.63. The van der Waals surface area contributed by atoms with Crippen LogP contribution in [0.25, 0.3) is 11.3 Å². The SMILES string of the molecule is CC(C)(C)NC(=O)C1CSCN1C(=O)c1cc(-c2cccnc2)on1. The van der Waals surface area contributed by atoms with Crippen LogP contribution in [0.15, 0.2) is 35.1 Å². The van der Waals surface area contributed by atoms with Gasteiger partial charge >= 0.3 is 0 Å². The van der Waals surface area contributed by atoms with Gasteiger partial charge in [-0.15, -0.1) is 11.8 Å². The van der Waals surface area contributed by atoms with Gasteiger partial charge in [0.1, 0.15) is 6.04 Å². The number of pyridine rings is 1. The summed E-state index contributed by atoms with van der Waals surface area (Å²) in [6.45, 7) is 5.74. The summed E-state index contributed by atoms with van der Waals surface area (Å²) in [4.78, 5) is 30.8. The number of aromatic nitrogens is 2. The highest BCUT2D eigenvalue weighted by atomic mass is 32.2. The molecule has 132 valence electrons. The zero-order chi connectivity index (χ0) is 18.0. The first kappa shape index (κ1) is 17.5. The van der Waals surface area contributed by atoms with Gasteiger partial charge in [0.15, 0.2) is 11.5 Å². The molecule has 25 heavy (non-hydrogen) atoms. The molecule has 1 fully saturated rings. The van der Waals surface area contributed by atoms with Crippen LogP contribution in [0, 0.1) is 0 Å². The lowest BCUT2D eigenvalue weighted by Gasteiger charge is -2.27. The number of hydrogen-bond acceptors (Lipinski definition) is 6. The van der Waals surface area contributed by atoms with Crippen LogP contribution in [0.3, 0.4) is 0 Å². The van der Waals surface area contributed by atoms with Crippen LogP contribution in [-0.4, -0.2) is 50.1 Å². The number of hydrogen-bond donors (Lipinski definition) is 1. The molecule has 7 nitrogen and oxygen atoms in total. The average Bonchev–Trinajstić information content (AvgIpc) is 3.23. The maximum absolute atomic E-state index is 12.8. The molecule has 3 rings (SSSR count). The lowest BCUT2D eigenvalue weighted by atomic mass is 10.1. The van der Waals surface area contributed by atoms with Crippen LogP contribution in [0.1, 0.15) is 31.3 Å². The van der Waals surface area contributed by atoms with Crippen LogP contribution in [-0.2, 0) is 4.79 Å². The Bertz CT molecular complexity index is 770. The normalized spacial score (nSPS) is 17.6. The van der Waals surface area contributed by atoms with Crippen molar-refractivity contribution < 1.29 is 14.1 Å². The molecule has 1 aliphatic rings. The second kappa shape index (κ2) is 6.87. The summed E-state index contributed by atoms with van der Waals surface area (Å²) in [6, 6.07) is 4.69. The molecule has 8 heteroatoms. The van der Waals surface area contributed by atoms with E-state index in [4.69, 9.17) is 4.52 Å². The standard InChI is InChI=1S/C17H20N4O3S/c1-17(2,3)19-15(22)13-9-25-10-21(13)16(23)12-7-14(24-20-12)11-5-4-6-18-8-11/h4-8,13H,9-10H2,1-3H3,(H,19,22). The van der Waals surface area contributed by atoms with Crippen molar-refractivity contribution in [3.63, 3.8) is 0 Å². The molecule has 2 aromatic heterocycles. The fourth-order valence-electron chi connectivity index (χ4n) is 2.48. The van der Waals surface area contributed by atoms with Crippen molar-refractivity contribution in [3.05, 3.63) is 36.3 Å². The summed E-state index contributed by atoms with van der Waals surface area (Å²) in [5.74, 6) is 1.04. The average molecular weight is 360 g/mol. The minimum atomic E-state index is -0.504. The Morgan fingerprint density at radius 2 is 2.20 bits per heavy atom. The number of nitrogens with one attached hydrogen (secondary N) is 1. The molecule has 1 atom stereocenters. The van der Waals surface area contributed by atoms with Gasteiger partial charge in [0.05, 0.1) is 5.88 Å². The first-order valence-corrected chi connectivity index (χ1v) is 9.08. The lowest BCUT2D eigenvalue weighted by Crippen LogP contribution is -2.52. The molecule has 2 aromatic rings. The molecule has 0 aliphatic carbocycles. The van der Waals surface area contributed by atoms with Crippen molar-refractivity contribution in [1.82, 2.24) is 20.4 Å². The van der Waals surface area contributed by atoms with E-state index >= 15 is 0 Å². The summed E-state index contributed by atoms with van der Waals surface area (Å²) in [7, 11) is 0. The predicted molar refractivity (Wildman–Crippen MR) is 94.9 cm³/mol. The Morgan fingerprint density at radius 1 is 1.40 bits per heavy atom. The van der Waals surface area contributed by atoms with Gasteiger partial charge in [-0.2, -0.15) is 0 Å². The summed E-state index contributed by atoms with van der Waals surface area (Å²) in [6.07, 6.45) is 3.30. The predicted octanol–water partition coefficient (Wildman–Crippen LogP) is 2.17. The Kier molecular flexibility index (Phi) is 4.80. The first-order chi connectivity index (χ1) is 11.8. The molecule has 0 saturated carbocycles. The van der Waals surface area contributed by atoms with Gasteiger partial charge in [0.25, 0.3) is 5.91 Å². The minimum Gasteiger partial charge on any atom is -0.355 e. The van der Waals surface area contributed by atoms with Gasteiger partial charge in [0, 0.05) is 35.3 Å². The maximum Gasteiger partial charge on any atom is 0.277 e. The first-order valence-electron chi connectivity index (χ1n) is 7.93. The Labute approximate surface area is 150 Å². The van der Waals surface area contributed by atoms with Crippen molar-refractivity contribution in [2.75, 3.05) is 11.6 Å². The number of amides is 2. The van der Waals surface area contributed by atoms with E-state index in [2.05, 4.69) is 15.5 Å². The number of nitrogens with zero attached hydrogens (tertiary/aromatic N) is 3. The van der Waals surface area contributed by atoms with Gasteiger partial charge in [-0.05, 0) is 32.9 Å².